The highest BCUT2D eigenvalue weighted by Crippen LogP contribution is 2.25. The van der Waals surface area contributed by atoms with Gasteiger partial charge in [-0.05, 0) is 31.2 Å². The average molecular weight is 397 g/mol. The molecule has 0 bridgehead atoms. The first-order valence-corrected chi connectivity index (χ1v) is 10.4. The van der Waals surface area contributed by atoms with Crippen molar-refractivity contribution in [1.29, 1.82) is 0 Å². The number of hydrogen-bond acceptors (Lipinski definition) is 5. The van der Waals surface area contributed by atoms with Gasteiger partial charge in [-0.15, -0.1) is 10.2 Å². The number of para-hydroxylation sites is 3. The van der Waals surface area contributed by atoms with E-state index in [0.29, 0.717) is 30.2 Å². The number of anilines is 1. The smallest absolute Gasteiger partial charge is 0.225 e. The van der Waals surface area contributed by atoms with Gasteiger partial charge in [0.15, 0.2) is 5.16 Å². The second-order valence-corrected chi connectivity index (χ2v) is 7.06. The van der Waals surface area contributed by atoms with E-state index in [0.717, 1.165) is 23.1 Å². The summed E-state index contributed by atoms with van der Waals surface area (Å²) in [6, 6.07) is 17.5. The molecule has 0 aliphatic carbocycles. The fourth-order valence-corrected chi connectivity index (χ4v) is 3.67. The Morgan fingerprint density at radius 1 is 1.07 bits per heavy atom. The number of nitrogens with zero attached hydrogens (tertiary/aromatic N) is 3. The van der Waals surface area contributed by atoms with E-state index < -0.39 is 0 Å². The average Bonchev–Trinajstić information content (AvgIpc) is 3.13. The molecule has 3 aromatic rings. The van der Waals surface area contributed by atoms with E-state index in [1.54, 1.807) is 0 Å². The second kappa shape index (κ2) is 9.94. The van der Waals surface area contributed by atoms with E-state index in [4.69, 9.17) is 4.74 Å². The van der Waals surface area contributed by atoms with E-state index >= 15 is 0 Å². The zero-order valence-corrected chi connectivity index (χ0v) is 16.9. The van der Waals surface area contributed by atoms with Gasteiger partial charge in [-0.3, -0.25) is 9.36 Å². The highest BCUT2D eigenvalue weighted by Gasteiger charge is 2.14. The lowest BCUT2D eigenvalue weighted by Crippen LogP contribution is -2.13. The molecular weight excluding hydrogens is 372 g/mol. The van der Waals surface area contributed by atoms with Gasteiger partial charge in [-0.1, -0.05) is 49.0 Å². The summed E-state index contributed by atoms with van der Waals surface area (Å²) in [6.45, 7) is 4.53. The molecule has 0 aliphatic heterocycles. The minimum atomic E-state index is -0.0545. The maximum atomic E-state index is 12.4. The van der Waals surface area contributed by atoms with Crippen molar-refractivity contribution < 1.29 is 9.53 Å². The number of amides is 1. The van der Waals surface area contributed by atoms with Crippen molar-refractivity contribution >= 4 is 23.4 Å². The van der Waals surface area contributed by atoms with Gasteiger partial charge in [-0.2, -0.15) is 0 Å². The summed E-state index contributed by atoms with van der Waals surface area (Å²) in [5.41, 5.74) is 1.72. The fourth-order valence-electron chi connectivity index (χ4n) is 2.76. The third-order valence-electron chi connectivity index (χ3n) is 4.05. The van der Waals surface area contributed by atoms with Gasteiger partial charge >= 0.3 is 0 Å². The quantitative estimate of drug-likeness (QED) is 0.545. The van der Waals surface area contributed by atoms with Crippen molar-refractivity contribution in [2.24, 2.45) is 0 Å². The Morgan fingerprint density at radius 2 is 1.82 bits per heavy atom. The molecule has 0 atom stereocenters. The SMILES string of the molecule is CCOc1ccccc1NC(=O)CCSc1nnc(CC)n1-c1ccccc1. The molecule has 0 radical (unpaired) electrons. The number of ether oxygens (including phenoxy) is 1. The van der Waals surface area contributed by atoms with Gasteiger partial charge in [0.05, 0.1) is 12.3 Å². The molecule has 0 saturated heterocycles. The number of benzene rings is 2. The van der Waals surface area contributed by atoms with Crippen LogP contribution in [0, 0.1) is 0 Å². The number of thioether (sulfide) groups is 1. The maximum Gasteiger partial charge on any atom is 0.225 e. The summed E-state index contributed by atoms with van der Waals surface area (Å²) in [5.74, 6) is 2.14. The Labute approximate surface area is 169 Å². The van der Waals surface area contributed by atoms with Crippen molar-refractivity contribution in [3.8, 4) is 11.4 Å². The second-order valence-electron chi connectivity index (χ2n) is 6.00. The number of nitrogens with one attached hydrogen (secondary N) is 1. The molecule has 0 spiro atoms. The van der Waals surface area contributed by atoms with Crippen molar-refractivity contribution in [1.82, 2.24) is 14.8 Å². The molecule has 1 N–H and O–H groups in total. The summed E-state index contributed by atoms with van der Waals surface area (Å²) in [7, 11) is 0. The lowest BCUT2D eigenvalue weighted by atomic mass is 10.3. The fraction of sp³-hybridized carbons (Fsp3) is 0.286. The lowest BCUT2D eigenvalue weighted by Gasteiger charge is -2.11. The standard InChI is InChI=1S/C21H24N4O2S/c1-3-19-23-24-21(25(19)16-10-6-5-7-11-16)28-15-14-20(26)22-17-12-8-9-13-18(17)27-4-2/h5-13H,3-4,14-15H2,1-2H3,(H,22,26). The number of hydrogen-bond donors (Lipinski definition) is 1. The zero-order valence-electron chi connectivity index (χ0n) is 16.1. The summed E-state index contributed by atoms with van der Waals surface area (Å²) in [5, 5.41) is 12.3. The van der Waals surface area contributed by atoms with Gasteiger partial charge in [-0.25, -0.2) is 0 Å². The van der Waals surface area contributed by atoms with Crippen LogP contribution in [-0.2, 0) is 11.2 Å². The number of aryl methyl sites for hydroxylation is 1. The number of carbonyl (C=O) groups is 1. The van der Waals surface area contributed by atoms with Crippen LogP contribution in [0.4, 0.5) is 5.69 Å². The van der Waals surface area contributed by atoms with Crippen LogP contribution >= 0.6 is 11.8 Å². The molecule has 7 heteroatoms. The molecule has 146 valence electrons. The van der Waals surface area contributed by atoms with E-state index in [1.807, 2.05) is 66.1 Å². The molecule has 0 fully saturated rings. The predicted octanol–water partition coefficient (Wildman–Crippen LogP) is 4.35. The molecule has 1 aromatic heterocycles. The first-order valence-electron chi connectivity index (χ1n) is 9.37. The van der Waals surface area contributed by atoms with Crippen LogP contribution in [0.5, 0.6) is 5.75 Å². The van der Waals surface area contributed by atoms with Crippen LogP contribution in [0.3, 0.4) is 0 Å². The Balaban J connectivity index is 1.61. The van der Waals surface area contributed by atoms with Crippen LogP contribution in [-0.4, -0.2) is 33.0 Å². The van der Waals surface area contributed by atoms with Crippen LogP contribution in [0.15, 0.2) is 59.8 Å². The Morgan fingerprint density at radius 3 is 2.57 bits per heavy atom. The van der Waals surface area contributed by atoms with Crippen molar-refractivity contribution in [3.05, 3.63) is 60.4 Å². The van der Waals surface area contributed by atoms with Crippen LogP contribution in [0.2, 0.25) is 0 Å². The summed E-state index contributed by atoms with van der Waals surface area (Å²) >= 11 is 1.53. The van der Waals surface area contributed by atoms with Gasteiger partial charge in [0.25, 0.3) is 0 Å². The first-order chi connectivity index (χ1) is 13.7. The van der Waals surface area contributed by atoms with E-state index in [2.05, 4.69) is 22.4 Å². The van der Waals surface area contributed by atoms with Crippen LogP contribution in [0.25, 0.3) is 5.69 Å². The minimum Gasteiger partial charge on any atom is -0.492 e. The lowest BCUT2D eigenvalue weighted by molar-refractivity contribution is -0.115. The van der Waals surface area contributed by atoms with Crippen molar-refractivity contribution in [2.45, 2.75) is 31.8 Å². The Hall–Kier alpha value is -2.80. The van der Waals surface area contributed by atoms with Crippen molar-refractivity contribution in [2.75, 3.05) is 17.7 Å². The highest BCUT2D eigenvalue weighted by atomic mass is 32.2. The third kappa shape index (κ3) is 4.92. The molecule has 28 heavy (non-hydrogen) atoms. The van der Waals surface area contributed by atoms with Crippen LogP contribution in [0.1, 0.15) is 26.1 Å². The first kappa shape index (κ1) is 19.9. The van der Waals surface area contributed by atoms with Crippen molar-refractivity contribution in [3.63, 3.8) is 0 Å². The highest BCUT2D eigenvalue weighted by molar-refractivity contribution is 7.99. The van der Waals surface area contributed by atoms with Gasteiger partial charge < -0.3 is 10.1 Å². The third-order valence-corrected chi connectivity index (χ3v) is 4.98. The Kier molecular flexibility index (Phi) is 7.08. The molecule has 0 saturated carbocycles. The monoisotopic (exact) mass is 396 g/mol. The maximum absolute atomic E-state index is 12.4. The summed E-state index contributed by atoms with van der Waals surface area (Å²) < 4.78 is 7.60. The normalized spacial score (nSPS) is 10.6. The topological polar surface area (TPSA) is 69.0 Å². The summed E-state index contributed by atoms with van der Waals surface area (Å²) in [6.07, 6.45) is 1.16. The number of rotatable bonds is 9. The Bertz CT molecular complexity index is 912. The van der Waals surface area contributed by atoms with Gasteiger partial charge in [0.1, 0.15) is 11.6 Å². The summed E-state index contributed by atoms with van der Waals surface area (Å²) in [4.78, 5) is 12.4. The molecule has 3 rings (SSSR count). The van der Waals surface area contributed by atoms with Gasteiger partial charge in [0, 0.05) is 24.3 Å². The largest absolute Gasteiger partial charge is 0.492 e. The van der Waals surface area contributed by atoms with Crippen LogP contribution < -0.4 is 10.1 Å². The molecular formula is C21H24N4O2S. The molecule has 2 aromatic carbocycles. The molecule has 0 aliphatic rings. The van der Waals surface area contributed by atoms with E-state index in [1.165, 1.54) is 11.8 Å². The predicted molar refractivity (Wildman–Crippen MR) is 112 cm³/mol. The van der Waals surface area contributed by atoms with E-state index in [9.17, 15) is 4.79 Å². The zero-order chi connectivity index (χ0) is 19.8. The number of aromatic nitrogens is 3. The molecule has 1 amide bonds. The van der Waals surface area contributed by atoms with E-state index in [-0.39, 0.29) is 5.91 Å². The molecule has 1 heterocycles. The number of carbonyl (C=O) groups excluding carboxylic acids is 1. The molecule has 6 nitrogen and oxygen atoms in total. The minimum absolute atomic E-state index is 0.0545. The molecule has 0 unspecified atom stereocenters. The van der Waals surface area contributed by atoms with Gasteiger partial charge in [0.2, 0.25) is 5.91 Å².